The summed E-state index contributed by atoms with van der Waals surface area (Å²) in [6.45, 7) is 14.1. The van der Waals surface area contributed by atoms with E-state index >= 15 is 0 Å². The van der Waals surface area contributed by atoms with Gasteiger partial charge in [-0.15, -0.1) is 0 Å². The Balaban J connectivity index is 4.06. The van der Waals surface area contributed by atoms with E-state index in [4.69, 9.17) is 4.43 Å². The molecule has 0 aliphatic carbocycles. The Labute approximate surface area is 190 Å². The van der Waals surface area contributed by atoms with Crippen molar-refractivity contribution in [1.82, 2.24) is 0 Å². The summed E-state index contributed by atoms with van der Waals surface area (Å²) >= 11 is 0. The van der Waals surface area contributed by atoms with Gasteiger partial charge in [-0.1, -0.05) is 105 Å². The van der Waals surface area contributed by atoms with Crippen molar-refractivity contribution in [2.75, 3.05) is 7.11 Å². The molecule has 0 heterocycles. The Morgan fingerprint density at radius 3 is 1.63 bits per heavy atom. The molecule has 0 aromatic heterocycles. The lowest BCUT2D eigenvalue weighted by atomic mass is 10.0. The van der Waals surface area contributed by atoms with Crippen LogP contribution in [0.25, 0.3) is 0 Å². The lowest BCUT2D eigenvalue weighted by Gasteiger charge is -2.39. The summed E-state index contributed by atoms with van der Waals surface area (Å²) in [6.07, 6.45) is 20.2. The average molecular weight is 443 g/mol. The molecule has 0 spiro atoms. The molecular weight excluding hydrogens is 388 g/mol. The van der Waals surface area contributed by atoms with E-state index in [-0.39, 0.29) is 5.97 Å². The molecule has 1 unspecified atom stereocenters. The van der Waals surface area contributed by atoms with Crippen LogP contribution in [-0.2, 0) is 14.0 Å². The molecule has 3 nitrogen and oxygen atoms in total. The van der Waals surface area contributed by atoms with Crippen LogP contribution in [0.3, 0.4) is 0 Å². The minimum atomic E-state index is -1.68. The normalized spacial score (nSPS) is 13.4. The molecule has 0 aromatic rings. The predicted octanol–water partition coefficient (Wildman–Crippen LogP) is 8.81. The van der Waals surface area contributed by atoms with Crippen molar-refractivity contribution < 1.29 is 14.0 Å². The van der Waals surface area contributed by atoms with Crippen LogP contribution >= 0.6 is 0 Å². The first kappa shape index (κ1) is 29.6. The molecule has 0 radical (unpaired) electrons. The Morgan fingerprint density at radius 2 is 1.20 bits per heavy atom. The molecule has 0 aromatic carbocycles. The first-order valence-corrected chi connectivity index (χ1v) is 15.8. The smallest absolute Gasteiger partial charge is 0.305 e. The second-order valence-corrected chi connectivity index (χ2v) is 15.4. The van der Waals surface area contributed by atoms with Crippen LogP contribution in [0, 0.1) is 0 Å². The van der Waals surface area contributed by atoms with E-state index in [0.29, 0.717) is 17.6 Å². The average Bonchev–Trinajstić information content (AvgIpc) is 2.67. The Hall–Kier alpha value is -0.353. The van der Waals surface area contributed by atoms with Crippen molar-refractivity contribution in [2.45, 2.75) is 155 Å². The monoisotopic (exact) mass is 442 g/mol. The van der Waals surface area contributed by atoms with Gasteiger partial charge in [-0.05, 0) is 37.4 Å². The highest BCUT2D eigenvalue weighted by Crippen LogP contribution is 2.38. The van der Waals surface area contributed by atoms with E-state index in [2.05, 4.69) is 45.5 Å². The lowest BCUT2D eigenvalue weighted by Crippen LogP contribution is -2.44. The number of ether oxygens (including phenoxy) is 1. The first-order chi connectivity index (χ1) is 14.1. The van der Waals surface area contributed by atoms with Gasteiger partial charge in [0.25, 0.3) is 0 Å². The number of carbonyl (C=O) groups excluding carboxylic acids is 1. The number of methoxy groups -OCH3 is 1. The third kappa shape index (κ3) is 15.4. The van der Waals surface area contributed by atoms with Crippen LogP contribution in [0.4, 0.5) is 0 Å². The molecule has 4 heteroatoms. The maximum absolute atomic E-state index is 11.1. The SMILES string of the molecule is CCCCCCCC(CCCCCCCCCCC(=O)OC)O[Si](C)(C)C(C)(C)C. The third-order valence-electron chi connectivity index (χ3n) is 6.78. The van der Waals surface area contributed by atoms with Crippen LogP contribution in [0.2, 0.25) is 18.1 Å². The van der Waals surface area contributed by atoms with Crippen molar-refractivity contribution in [1.29, 1.82) is 0 Å². The molecular formula is C26H54O3Si. The third-order valence-corrected chi connectivity index (χ3v) is 11.3. The molecule has 0 bridgehead atoms. The number of unbranched alkanes of at least 4 members (excludes halogenated alkanes) is 11. The molecule has 0 aliphatic rings. The fourth-order valence-electron chi connectivity index (χ4n) is 3.64. The zero-order valence-electron chi connectivity index (χ0n) is 21.6. The van der Waals surface area contributed by atoms with Gasteiger partial charge in [0.1, 0.15) is 0 Å². The van der Waals surface area contributed by atoms with Crippen molar-refractivity contribution in [3.8, 4) is 0 Å². The van der Waals surface area contributed by atoms with E-state index < -0.39 is 8.32 Å². The number of rotatable bonds is 19. The summed E-state index contributed by atoms with van der Waals surface area (Å²) < 4.78 is 11.5. The topological polar surface area (TPSA) is 35.5 Å². The van der Waals surface area contributed by atoms with Crippen molar-refractivity contribution in [3.05, 3.63) is 0 Å². The quantitative estimate of drug-likeness (QED) is 0.114. The molecule has 30 heavy (non-hydrogen) atoms. The maximum Gasteiger partial charge on any atom is 0.305 e. The maximum atomic E-state index is 11.1. The largest absolute Gasteiger partial charge is 0.469 e. The summed E-state index contributed by atoms with van der Waals surface area (Å²) in [5, 5.41) is 0.293. The van der Waals surface area contributed by atoms with Gasteiger partial charge >= 0.3 is 5.97 Å². The molecule has 0 aliphatic heterocycles. The Kier molecular flexibility index (Phi) is 17.0. The molecule has 0 fully saturated rings. The molecule has 1 atom stereocenters. The van der Waals surface area contributed by atoms with Crippen molar-refractivity contribution >= 4 is 14.3 Å². The summed E-state index contributed by atoms with van der Waals surface area (Å²) in [5.74, 6) is -0.0742. The summed E-state index contributed by atoms with van der Waals surface area (Å²) in [6, 6.07) is 0. The summed E-state index contributed by atoms with van der Waals surface area (Å²) in [4.78, 5) is 11.1. The number of hydrogen-bond acceptors (Lipinski definition) is 3. The van der Waals surface area contributed by atoms with Gasteiger partial charge in [0.15, 0.2) is 8.32 Å². The van der Waals surface area contributed by atoms with E-state index in [1.807, 2.05) is 0 Å². The van der Waals surface area contributed by atoms with E-state index in [9.17, 15) is 4.79 Å². The summed E-state index contributed by atoms with van der Waals surface area (Å²) in [7, 11) is -0.212. The van der Waals surface area contributed by atoms with Crippen LogP contribution in [0.5, 0.6) is 0 Å². The van der Waals surface area contributed by atoms with Gasteiger partial charge in [-0.3, -0.25) is 4.79 Å². The van der Waals surface area contributed by atoms with Gasteiger partial charge < -0.3 is 9.16 Å². The van der Waals surface area contributed by atoms with Gasteiger partial charge in [0, 0.05) is 12.5 Å². The fraction of sp³-hybridized carbons (Fsp3) is 0.962. The highest BCUT2D eigenvalue weighted by molar-refractivity contribution is 6.74. The molecule has 0 saturated carbocycles. The molecule has 180 valence electrons. The molecule has 0 rings (SSSR count). The lowest BCUT2D eigenvalue weighted by molar-refractivity contribution is -0.140. The Bertz CT molecular complexity index is 415. The number of hydrogen-bond donors (Lipinski definition) is 0. The number of carbonyl (C=O) groups is 1. The van der Waals surface area contributed by atoms with Crippen LogP contribution < -0.4 is 0 Å². The minimum Gasteiger partial charge on any atom is -0.469 e. The standard InChI is InChI=1S/C26H54O3Si/c1-8-9-10-15-18-21-24(29-30(6,7)26(2,3)4)22-19-16-13-11-12-14-17-20-23-25(27)28-5/h24H,8-23H2,1-7H3. The predicted molar refractivity (Wildman–Crippen MR) is 134 cm³/mol. The van der Waals surface area contributed by atoms with Gasteiger partial charge in [0.05, 0.1) is 7.11 Å². The zero-order chi connectivity index (χ0) is 22.9. The zero-order valence-corrected chi connectivity index (χ0v) is 22.6. The van der Waals surface area contributed by atoms with Crippen LogP contribution in [0.1, 0.15) is 130 Å². The highest BCUT2D eigenvalue weighted by atomic mass is 28.4. The second-order valence-electron chi connectivity index (χ2n) is 10.6. The molecule has 0 N–H and O–H groups in total. The fourth-order valence-corrected chi connectivity index (χ4v) is 5.06. The molecule has 0 amide bonds. The summed E-state index contributed by atoms with van der Waals surface area (Å²) in [5.41, 5.74) is 0. The van der Waals surface area contributed by atoms with Crippen LogP contribution in [0.15, 0.2) is 0 Å². The number of esters is 1. The van der Waals surface area contributed by atoms with Crippen molar-refractivity contribution in [3.63, 3.8) is 0 Å². The van der Waals surface area contributed by atoms with Gasteiger partial charge in [0.2, 0.25) is 0 Å². The van der Waals surface area contributed by atoms with Gasteiger partial charge in [-0.25, -0.2) is 0 Å². The molecule has 0 saturated heterocycles. The highest BCUT2D eigenvalue weighted by Gasteiger charge is 2.38. The van der Waals surface area contributed by atoms with E-state index in [1.54, 1.807) is 0 Å². The van der Waals surface area contributed by atoms with E-state index in [1.165, 1.54) is 90.6 Å². The van der Waals surface area contributed by atoms with Gasteiger partial charge in [-0.2, -0.15) is 0 Å². The first-order valence-electron chi connectivity index (χ1n) is 12.9. The van der Waals surface area contributed by atoms with E-state index in [0.717, 1.165) is 12.8 Å². The minimum absolute atomic E-state index is 0.0742. The Morgan fingerprint density at radius 1 is 0.767 bits per heavy atom. The second kappa shape index (κ2) is 17.2. The van der Waals surface area contributed by atoms with Crippen LogP contribution in [-0.4, -0.2) is 27.5 Å². The van der Waals surface area contributed by atoms with Crippen molar-refractivity contribution in [2.24, 2.45) is 0 Å².